The molecule has 2 aromatic rings. The molecule has 1 unspecified atom stereocenters. The van der Waals surface area contributed by atoms with Crippen LogP contribution >= 0.6 is 0 Å². The molecule has 1 atom stereocenters. The molecule has 3 rings (SSSR count). The number of rotatable bonds is 6. The fraction of sp³-hybridized carbons (Fsp3) is 0.450. The summed E-state index contributed by atoms with van der Waals surface area (Å²) >= 11 is 0. The SMILES string of the molecule is CCn1nc(CC(C)C)cc1C(=O)NC1CC(=O)N(c2ccc(F)cc2)C1. The van der Waals surface area contributed by atoms with E-state index in [0.717, 1.165) is 12.1 Å². The molecule has 1 fully saturated rings. The second-order valence-corrected chi connectivity index (χ2v) is 7.29. The maximum absolute atomic E-state index is 13.1. The van der Waals surface area contributed by atoms with Crippen molar-refractivity contribution in [1.29, 1.82) is 0 Å². The van der Waals surface area contributed by atoms with Crippen molar-refractivity contribution in [2.45, 2.75) is 46.2 Å². The summed E-state index contributed by atoms with van der Waals surface area (Å²) in [4.78, 5) is 26.6. The Bertz CT molecular complexity index is 829. The number of aryl methyl sites for hydroxylation is 1. The molecule has 2 amide bonds. The van der Waals surface area contributed by atoms with Crippen LogP contribution in [-0.4, -0.2) is 34.2 Å². The van der Waals surface area contributed by atoms with Gasteiger partial charge in [-0.15, -0.1) is 0 Å². The maximum atomic E-state index is 13.1. The first-order valence-corrected chi connectivity index (χ1v) is 9.31. The highest BCUT2D eigenvalue weighted by Crippen LogP contribution is 2.22. The van der Waals surface area contributed by atoms with Crippen molar-refractivity contribution in [3.63, 3.8) is 0 Å². The van der Waals surface area contributed by atoms with E-state index in [2.05, 4.69) is 24.3 Å². The molecule has 144 valence electrons. The third-order valence-electron chi connectivity index (χ3n) is 4.58. The Morgan fingerprint density at radius 3 is 2.67 bits per heavy atom. The van der Waals surface area contributed by atoms with Crippen LogP contribution in [0.2, 0.25) is 0 Å². The lowest BCUT2D eigenvalue weighted by molar-refractivity contribution is -0.117. The van der Waals surface area contributed by atoms with Crippen LogP contribution in [0.5, 0.6) is 0 Å². The number of nitrogens with one attached hydrogen (secondary N) is 1. The van der Waals surface area contributed by atoms with Crippen molar-refractivity contribution in [3.8, 4) is 0 Å². The number of anilines is 1. The summed E-state index contributed by atoms with van der Waals surface area (Å²) in [5.41, 5.74) is 2.05. The van der Waals surface area contributed by atoms with Gasteiger partial charge in [0, 0.05) is 25.2 Å². The van der Waals surface area contributed by atoms with Crippen LogP contribution < -0.4 is 10.2 Å². The zero-order chi connectivity index (χ0) is 19.6. The predicted octanol–water partition coefficient (Wildman–Crippen LogP) is 2.78. The van der Waals surface area contributed by atoms with Crippen LogP contribution in [0.15, 0.2) is 30.3 Å². The summed E-state index contributed by atoms with van der Waals surface area (Å²) in [6.07, 6.45) is 1.04. The number of amides is 2. The van der Waals surface area contributed by atoms with E-state index in [1.54, 1.807) is 21.7 Å². The minimum atomic E-state index is -0.347. The van der Waals surface area contributed by atoms with Crippen molar-refractivity contribution in [2.24, 2.45) is 5.92 Å². The van der Waals surface area contributed by atoms with Crippen LogP contribution in [0.4, 0.5) is 10.1 Å². The average molecular weight is 372 g/mol. The molecule has 0 bridgehead atoms. The van der Waals surface area contributed by atoms with Gasteiger partial charge in [-0.2, -0.15) is 5.10 Å². The molecule has 1 aromatic carbocycles. The minimum absolute atomic E-state index is 0.0867. The highest BCUT2D eigenvalue weighted by atomic mass is 19.1. The zero-order valence-electron chi connectivity index (χ0n) is 15.9. The summed E-state index contributed by atoms with van der Waals surface area (Å²) in [7, 11) is 0. The van der Waals surface area contributed by atoms with Gasteiger partial charge >= 0.3 is 0 Å². The molecule has 0 radical (unpaired) electrons. The molecule has 0 spiro atoms. The molecule has 1 aromatic heterocycles. The third-order valence-corrected chi connectivity index (χ3v) is 4.58. The Balaban J connectivity index is 1.69. The van der Waals surface area contributed by atoms with Gasteiger partial charge < -0.3 is 10.2 Å². The van der Waals surface area contributed by atoms with E-state index in [9.17, 15) is 14.0 Å². The lowest BCUT2D eigenvalue weighted by Gasteiger charge is -2.17. The Labute approximate surface area is 158 Å². The smallest absolute Gasteiger partial charge is 0.269 e. The van der Waals surface area contributed by atoms with E-state index in [4.69, 9.17) is 0 Å². The summed E-state index contributed by atoms with van der Waals surface area (Å²) in [5, 5.41) is 7.43. The first-order valence-electron chi connectivity index (χ1n) is 9.31. The van der Waals surface area contributed by atoms with Gasteiger partial charge in [0.2, 0.25) is 5.91 Å². The molecule has 6 nitrogen and oxygen atoms in total. The minimum Gasteiger partial charge on any atom is -0.346 e. The fourth-order valence-corrected chi connectivity index (χ4v) is 3.35. The van der Waals surface area contributed by atoms with Gasteiger partial charge in [0.25, 0.3) is 5.91 Å². The van der Waals surface area contributed by atoms with E-state index in [1.807, 2.05) is 13.0 Å². The number of carbonyl (C=O) groups is 2. The topological polar surface area (TPSA) is 67.2 Å². The monoisotopic (exact) mass is 372 g/mol. The first-order chi connectivity index (χ1) is 12.9. The first kappa shape index (κ1) is 19.1. The molecular formula is C20H25FN4O2. The number of hydrogen-bond donors (Lipinski definition) is 1. The quantitative estimate of drug-likeness (QED) is 0.848. The average Bonchev–Trinajstić information content (AvgIpc) is 3.18. The van der Waals surface area contributed by atoms with Crippen molar-refractivity contribution in [3.05, 3.63) is 47.5 Å². The van der Waals surface area contributed by atoms with Crippen molar-refractivity contribution in [2.75, 3.05) is 11.4 Å². The van der Waals surface area contributed by atoms with Gasteiger partial charge in [-0.25, -0.2) is 4.39 Å². The van der Waals surface area contributed by atoms with E-state index >= 15 is 0 Å². The van der Waals surface area contributed by atoms with Crippen molar-refractivity contribution < 1.29 is 14.0 Å². The molecule has 2 heterocycles. The van der Waals surface area contributed by atoms with E-state index in [1.165, 1.54) is 12.1 Å². The molecular weight excluding hydrogens is 347 g/mol. The number of benzene rings is 1. The van der Waals surface area contributed by atoms with Crippen LogP contribution in [0.1, 0.15) is 43.4 Å². The van der Waals surface area contributed by atoms with Gasteiger partial charge in [-0.3, -0.25) is 14.3 Å². The van der Waals surface area contributed by atoms with Crippen molar-refractivity contribution in [1.82, 2.24) is 15.1 Å². The number of hydrogen-bond acceptors (Lipinski definition) is 3. The summed E-state index contributed by atoms with van der Waals surface area (Å²) in [6.45, 7) is 7.14. The van der Waals surface area contributed by atoms with Gasteiger partial charge in [0.15, 0.2) is 0 Å². The van der Waals surface area contributed by atoms with E-state index in [-0.39, 0.29) is 30.1 Å². The predicted molar refractivity (Wildman–Crippen MR) is 101 cm³/mol. The van der Waals surface area contributed by atoms with E-state index in [0.29, 0.717) is 30.4 Å². The standard InChI is InChI=1S/C20H25FN4O2/c1-4-25-18(10-15(23-25)9-13(2)3)20(27)22-16-11-19(26)24(12-16)17-7-5-14(21)6-8-17/h5-8,10,13,16H,4,9,11-12H2,1-3H3,(H,22,27). The third kappa shape index (κ3) is 4.35. The highest BCUT2D eigenvalue weighted by Gasteiger charge is 2.32. The summed E-state index contributed by atoms with van der Waals surface area (Å²) in [5.74, 6) is -0.201. The Morgan fingerprint density at radius 2 is 2.04 bits per heavy atom. The van der Waals surface area contributed by atoms with Crippen LogP contribution in [-0.2, 0) is 17.8 Å². The number of aromatic nitrogens is 2. The second kappa shape index (κ2) is 7.90. The number of carbonyl (C=O) groups excluding carboxylic acids is 2. The van der Waals surface area contributed by atoms with Gasteiger partial charge in [0.1, 0.15) is 11.5 Å². The van der Waals surface area contributed by atoms with Gasteiger partial charge in [-0.05, 0) is 49.6 Å². The normalized spacial score (nSPS) is 17.0. The zero-order valence-corrected chi connectivity index (χ0v) is 15.9. The second-order valence-electron chi connectivity index (χ2n) is 7.29. The van der Waals surface area contributed by atoms with Gasteiger partial charge in [0.05, 0.1) is 11.7 Å². The maximum Gasteiger partial charge on any atom is 0.269 e. The molecule has 1 aliphatic rings. The lowest BCUT2D eigenvalue weighted by Crippen LogP contribution is -2.38. The molecule has 0 aliphatic carbocycles. The van der Waals surface area contributed by atoms with Crippen molar-refractivity contribution >= 4 is 17.5 Å². The Hall–Kier alpha value is -2.70. The largest absolute Gasteiger partial charge is 0.346 e. The molecule has 1 aliphatic heterocycles. The van der Waals surface area contributed by atoms with Crippen LogP contribution in [0.3, 0.4) is 0 Å². The Morgan fingerprint density at radius 1 is 1.33 bits per heavy atom. The molecule has 1 N–H and O–H groups in total. The lowest BCUT2D eigenvalue weighted by atomic mass is 10.1. The van der Waals surface area contributed by atoms with E-state index < -0.39 is 0 Å². The molecule has 1 saturated heterocycles. The summed E-state index contributed by atoms with van der Waals surface area (Å²) in [6, 6.07) is 7.33. The molecule has 7 heteroatoms. The summed E-state index contributed by atoms with van der Waals surface area (Å²) < 4.78 is 14.8. The molecule has 0 saturated carbocycles. The van der Waals surface area contributed by atoms with Crippen LogP contribution in [0, 0.1) is 11.7 Å². The molecule has 27 heavy (non-hydrogen) atoms. The number of halogens is 1. The highest BCUT2D eigenvalue weighted by molar-refractivity contribution is 5.98. The Kier molecular flexibility index (Phi) is 5.58. The number of nitrogens with zero attached hydrogens (tertiary/aromatic N) is 3. The van der Waals surface area contributed by atoms with Crippen LogP contribution in [0.25, 0.3) is 0 Å². The fourth-order valence-electron chi connectivity index (χ4n) is 3.35. The van der Waals surface area contributed by atoms with Gasteiger partial charge in [-0.1, -0.05) is 13.8 Å².